The summed E-state index contributed by atoms with van der Waals surface area (Å²) in [6, 6.07) is 13.3. The number of amides is 1. The number of halogens is 1. The molecule has 3 nitrogen and oxygen atoms in total. The van der Waals surface area contributed by atoms with Crippen molar-refractivity contribution in [1.29, 1.82) is 0 Å². The fraction of sp³-hybridized carbons (Fsp3) is 0. The number of rotatable bonds is 2. The summed E-state index contributed by atoms with van der Waals surface area (Å²) in [6.07, 6.45) is 3.63. The van der Waals surface area contributed by atoms with Crippen molar-refractivity contribution < 1.29 is 9.36 Å². The standard InChI is InChI=1S/C12H10N2O.ClH/c13-12(15)10-6-8-14(9-7-10)11-4-2-1-3-5-11;/h1-9H,(H-,13,15);1H/p+1. The van der Waals surface area contributed by atoms with Crippen LogP contribution in [0.4, 0.5) is 0 Å². The van der Waals surface area contributed by atoms with Gasteiger partial charge in [0.25, 0.3) is 0 Å². The predicted molar refractivity (Wildman–Crippen MR) is 63.7 cm³/mol. The van der Waals surface area contributed by atoms with E-state index in [1.54, 1.807) is 12.1 Å². The van der Waals surface area contributed by atoms with Crippen LogP contribution in [0.25, 0.3) is 5.69 Å². The Morgan fingerprint density at radius 3 is 2.06 bits per heavy atom. The van der Waals surface area contributed by atoms with E-state index >= 15 is 0 Å². The van der Waals surface area contributed by atoms with Gasteiger partial charge in [-0.25, -0.2) is 0 Å². The largest absolute Gasteiger partial charge is 0.366 e. The second-order valence-corrected chi connectivity index (χ2v) is 3.19. The summed E-state index contributed by atoms with van der Waals surface area (Å²) in [6.45, 7) is 0. The van der Waals surface area contributed by atoms with Crippen molar-refractivity contribution >= 4 is 18.3 Å². The van der Waals surface area contributed by atoms with E-state index in [0.717, 1.165) is 5.69 Å². The van der Waals surface area contributed by atoms with Crippen LogP contribution in [0.1, 0.15) is 10.4 Å². The Balaban J connectivity index is 0.00000128. The molecular formula is C12H12ClN2O+. The number of para-hydroxylation sites is 1. The van der Waals surface area contributed by atoms with Gasteiger partial charge in [-0.2, -0.15) is 4.57 Å². The number of carbonyl (C=O) groups excluding carboxylic acids is 1. The molecule has 1 heterocycles. The van der Waals surface area contributed by atoms with Gasteiger partial charge in [0.05, 0.1) is 5.56 Å². The van der Waals surface area contributed by atoms with Crippen molar-refractivity contribution in [2.75, 3.05) is 0 Å². The molecule has 4 heteroatoms. The highest BCUT2D eigenvalue weighted by atomic mass is 35.5. The van der Waals surface area contributed by atoms with Gasteiger partial charge in [0.1, 0.15) is 0 Å². The Morgan fingerprint density at radius 2 is 1.56 bits per heavy atom. The van der Waals surface area contributed by atoms with Gasteiger partial charge in [0.15, 0.2) is 12.4 Å². The lowest BCUT2D eigenvalue weighted by atomic mass is 10.2. The van der Waals surface area contributed by atoms with Crippen LogP contribution >= 0.6 is 12.4 Å². The van der Waals surface area contributed by atoms with E-state index in [1.165, 1.54) is 0 Å². The molecule has 0 bridgehead atoms. The summed E-state index contributed by atoms with van der Waals surface area (Å²) in [7, 11) is 0. The first-order valence-electron chi connectivity index (χ1n) is 4.64. The minimum atomic E-state index is -0.407. The van der Waals surface area contributed by atoms with Gasteiger partial charge in [0, 0.05) is 24.3 Å². The first kappa shape index (κ1) is 12.2. The van der Waals surface area contributed by atoms with Crippen molar-refractivity contribution in [2.45, 2.75) is 0 Å². The molecule has 1 aromatic carbocycles. The number of carbonyl (C=O) groups is 1. The molecular weight excluding hydrogens is 224 g/mol. The maximum absolute atomic E-state index is 10.9. The van der Waals surface area contributed by atoms with Gasteiger partial charge in [-0.05, 0) is 0 Å². The third-order valence-corrected chi connectivity index (χ3v) is 2.17. The predicted octanol–water partition coefficient (Wildman–Crippen LogP) is 1.48. The second-order valence-electron chi connectivity index (χ2n) is 3.19. The Kier molecular flexibility index (Phi) is 4.03. The molecule has 0 aliphatic carbocycles. The number of hydrogen-bond donors (Lipinski definition) is 1. The lowest BCUT2D eigenvalue weighted by Crippen LogP contribution is -2.29. The molecule has 2 aromatic rings. The molecule has 0 fully saturated rings. The van der Waals surface area contributed by atoms with Crippen LogP contribution in [0, 0.1) is 0 Å². The molecule has 1 amide bonds. The van der Waals surface area contributed by atoms with E-state index in [1.807, 2.05) is 47.3 Å². The molecule has 2 N–H and O–H groups in total. The third-order valence-electron chi connectivity index (χ3n) is 2.17. The van der Waals surface area contributed by atoms with Crippen molar-refractivity contribution in [3.05, 3.63) is 60.4 Å². The molecule has 0 atom stereocenters. The van der Waals surface area contributed by atoms with Crippen LogP contribution < -0.4 is 10.3 Å². The monoisotopic (exact) mass is 235 g/mol. The molecule has 0 aliphatic heterocycles. The van der Waals surface area contributed by atoms with E-state index < -0.39 is 5.91 Å². The summed E-state index contributed by atoms with van der Waals surface area (Å²) < 4.78 is 1.92. The average Bonchev–Trinajstić information content (AvgIpc) is 2.30. The highest BCUT2D eigenvalue weighted by Crippen LogP contribution is 1.99. The Morgan fingerprint density at radius 1 is 1.00 bits per heavy atom. The van der Waals surface area contributed by atoms with E-state index in [9.17, 15) is 4.79 Å². The van der Waals surface area contributed by atoms with Gasteiger partial charge in [0.2, 0.25) is 11.6 Å². The first-order chi connectivity index (χ1) is 7.27. The number of nitrogens with two attached hydrogens (primary N) is 1. The molecule has 0 saturated carbocycles. The molecule has 0 aliphatic rings. The topological polar surface area (TPSA) is 47.0 Å². The van der Waals surface area contributed by atoms with Gasteiger partial charge in [-0.1, -0.05) is 18.2 Å². The third kappa shape index (κ3) is 2.58. The number of nitrogens with zero attached hydrogens (tertiary/aromatic N) is 1. The van der Waals surface area contributed by atoms with E-state index in [-0.39, 0.29) is 12.4 Å². The molecule has 0 radical (unpaired) electrons. The zero-order valence-corrected chi connectivity index (χ0v) is 9.35. The van der Waals surface area contributed by atoms with Gasteiger partial charge >= 0.3 is 0 Å². The van der Waals surface area contributed by atoms with Crippen LogP contribution in [0.15, 0.2) is 54.9 Å². The highest BCUT2D eigenvalue weighted by molar-refractivity contribution is 5.92. The SMILES string of the molecule is Cl.NC(=O)c1cc[n+](-c2ccccc2)cc1. The smallest absolute Gasteiger partial charge is 0.249 e. The Bertz CT molecular complexity index is 468. The number of aromatic nitrogens is 1. The molecule has 16 heavy (non-hydrogen) atoms. The normalized spacial score (nSPS) is 9.25. The summed E-state index contributed by atoms with van der Waals surface area (Å²) in [5, 5.41) is 0. The second kappa shape index (κ2) is 5.28. The lowest BCUT2D eigenvalue weighted by Gasteiger charge is -1.95. The van der Waals surface area contributed by atoms with Crippen molar-refractivity contribution in [3.8, 4) is 5.69 Å². The van der Waals surface area contributed by atoms with Crippen LogP contribution in [0.2, 0.25) is 0 Å². The Hall–Kier alpha value is -1.87. The molecule has 1 aromatic heterocycles. The van der Waals surface area contributed by atoms with E-state index in [4.69, 9.17) is 5.73 Å². The molecule has 0 saturated heterocycles. The van der Waals surface area contributed by atoms with Gasteiger partial charge in [-0.15, -0.1) is 12.4 Å². The lowest BCUT2D eigenvalue weighted by molar-refractivity contribution is -0.595. The Labute approximate surface area is 99.9 Å². The summed E-state index contributed by atoms with van der Waals surface area (Å²) in [4.78, 5) is 10.9. The van der Waals surface area contributed by atoms with Crippen molar-refractivity contribution in [2.24, 2.45) is 5.73 Å². The summed E-state index contributed by atoms with van der Waals surface area (Å²) in [5.74, 6) is -0.407. The van der Waals surface area contributed by atoms with Gasteiger partial charge < -0.3 is 5.73 Å². The molecule has 82 valence electrons. The van der Waals surface area contributed by atoms with Crippen LogP contribution in [0.5, 0.6) is 0 Å². The minimum absolute atomic E-state index is 0. The van der Waals surface area contributed by atoms with Crippen LogP contribution in [-0.2, 0) is 0 Å². The van der Waals surface area contributed by atoms with E-state index in [2.05, 4.69) is 0 Å². The molecule has 2 rings (SSSR count). The summed E-state index contributed by atoms with van der Waals surface area (Å²) in [5.41, 5.74) is 6.72. The van der Waals surface area contributed by atoms with E-state index in [0.29, 0.717) is 5.56 Å². The fourth-order valence-electron chi connectivity index (χ4n) is 1.36. The first-order valence-corrected chi connectivity index (χ1v) is 4.64. The summed E-state index contributed by atoms with van der Waals surface area (Å²) >= 11 is 0. The number of pyridine rings is 1. The number of primary amides is 1. The van der Waals surface area contributed by atoms with Crippen LogP contribution in [0.3, 0.4) is 0 Å². The molecule has 0 unspecified atom stereocenters. The van der Waals surface area contributed by atoms with Crippen molar-refractivity contribution in [3.63, 3.8) is 0 Å². The number of hydrogen-bond acceptors (Lipinski definition) is 1. The van der Waals surface area contributed by atoms with Crippen molar-refractivity contribution in [1.82, 2.24) is 0 Å². The highest BCUT2D eigenvalue weighted by Gasteiger charge is 2.06. The average molecular weight is 236 g/mol. The quantitative estimate of drug-likeness (QED) is 0.788. The minimum Gasteiger partial charge on any atom is -0.366 e. The zero-order valence-electron chi connectivity index (χ0n) is 8.54. The maximum atomic E-state index is 10.9. The number of benzene rings is 1. The van der Waals surface area contributed by atoms with Crippen LogP contribution in [-0.4, -0.2) is 5.91 Å². The zero-order chi connectivity index (χ0) is 10.7. The maximum Gasteiger partial charge on any atom is 0.249 e. The van der Waals surface area contributed by atoms with Gasteiger partial charge in [-0.3, -0.25) is 4.79 Å². The molecule has 0 spiro atoms. The fourth-order valence-corrected chi connectivity index (χ4v) is 1.36.